The van der Waals surface area contributed by atoms with Gasteiger partial charge in [-0.05, 0) is 42.0 Å². The highest BCUT2D eigenvalue weighted by Crippen LogP contribution is 2.25. The first-order valence-electron chi connectivity index (χ1n) is 7.96. The molecule has 0 bridgehead atoms. The minimum absolute atomic E-state index is 0.0115. The van der Waals surface area contributed by atoms with E-state index >= 15 is 0 Å². The summed E-state index contributed by atoms with van der Waals surface area (Å²) in [5.41, 5.74) is 1.02. The summed E-state index contributed by atoms with van der Waals surface area (Å²) in [6.07, 6.45) is 0. The van der Waals surface area contributed by atoms with Crippen molar-refractivity contribution in [2.24, 2.45) is 0 Å². The fourth-order valence-electron chi connectivity index (χ4n) is 2.32. The van der Waals surface area contributed by atoms with Crippen molar-refractivity contribution in [1.29, 1.82) is 0 Å². The van der Waals surface area contributed by atoms with Crippen LogP contribution in [-0.2, 0) is 11.3 Å². The molecule has 6 nitrogen and oxygen atoms in total. The van der Waals surface area contributed by atoms with E-state index in [-0.39, 0.29) is 12.3 Å². The fraction of sp³-hybridized carbons (Fsp3) is 0.0500. The summed E-state index contributed by atoms with van der Waals surface area (Å²) < 4.78 is 11.0. The van der Waals surface area contributed by atoms with Gasteiger partial charge in [0.25, 0.3) is 5.69 Å². The Labute approximate surface area is 160 Å². The van der Waals surface area contributed by atoms with Gasteiger partial charge in [-0.25, -0.2) is 4.79 Å². The maximum Gasteiger partial charge on any atom is 0.339 e. The van der Waals surface area contributed by atoms with Gasteiger partial charge in [0, 0.05) is 12.1 Å². The third kappa shape index (κ3) is 4.83. The van der Waals surface area contributed by atoms with Crippen LogP contribution >= 0.6 is 11.6 Å². The molecular formula is C20H14ClNO5. The third-order valence-electron chi connectivity index (χ3n) is 3.65. The first-order valence-corrected chi connectivity index (χ1v) is 8.33. The molecule has 0 fully saturated rings. The van der Waals surface area contributed by atoms with Gasteiger partial charge in [0.05, 0.1) is 15.5 Å². The predicted molar refractivity (Wildman–Crippen MR) is 100 cm³/mol. The SMILES string of the molecule is O=C(OCc1cccc(Oc2ccc([N+](=O)[O-])cc2)c1)c1ccccc1Cl. The molecule has 0 aliphatic carbocycles. The number of halogens is 1. The van der Waals surface area contributed by atoms with Gasteiger partial charge in [-0.2, -0.15) is 0 Å². The topological polar surface area (TPSA) is 78.7 Å². The second-order valence-electron chi connectivity index (χ2n) is 5.56. The quantitative estimate of drug-likeness (QED) is 0.323. The molecular weight excluding hydrogens is 370 g/mol. The summed E-state index contributed by atoms with van der Waals surface area (Å²) in [4.78, 5) is 22.3. The monoisotopic (exact) mass is 383 g/mol. The van der Waals surface area contributed by atoms with Crippen LogP contribution in [-0.4, -0.2) is 10.9 Å². The molecule has 0 aliphatic rings. The van der Waals surface area contributed by atoms with E-state index in [9.17, 15) is 14.9 Å². The lowest BCUT2D eigenvalue weighted by molar-refractivity contribution is -0.384. The number of nitrogens with zero attached hydrogens (tertiary/aromatic N) is 1. The first-order chi connectivity index (χ1) is 13.0. The zero-order valence-corrected chi connectivity index (χ0v) is 14.8. The van der Waals surface area contributed by atoms with Crippen molar-refractivity contribution in [3.05, 3.63) is 99.1 Å². The Bertz CT molecular complexity index is 972. The number of ether oxygens (including phenoxy) is 2. The lowest BCUT2D eigenvalue weighted by Crippen LogP contribution is -2.05. The maximum absolute atomic E-state index is 12.1. The molecule has 0 saturated heterocycles. The zero-order chi connectivity index (χ0) is 19.2. The van der Waals surface area contributed by atoms with Crippen molar-refractivity contribution in [2.45, 2.75) is 6.61 Å². The number of carbonyl (C=O) groups is 1. The van der Waals surface area contributed by atoms with E-state index in [4.69, 9.17) is 21.1 Å². The molecule has 3 aromatic rings. The van der Waals surface area contributed by atoms with Crippen LogP contribution in [0, 0.1) is 10.1 Å². The Morgan fingerprint density at radius 1 is 0.963 bits per heavy atom. The van der Waals surface area contributed by atoms with Crippen molar-refractivity contribution in [3.63, 3.8) is 0 Å². The van der Waals surface area contributed by atoms with Gasteiger partial charge < -0.3 is 9.47 Å². The molecule has 0 aliphatic heterocycles. The predicted octanol–water partition coefficient (Wildman–Crippen LogP) is 5.40. The lowest BCUT2D eigenvalue weighted by Gasteiger charge is -2.09. The van der Waals surface area contributed by atoms with Gasteiger partial charge in [0.15, 0.2) is 0 Å². The Hall–Kier alpha value is -3.38. The van der Waals surface area contributed by atoms with Gasteiger partial charge in [-0.3, -0.25) is 10.1 Å². The number of benzene rings is 3. The lowest BCUT2D eigenvalue weighted by atomic mass is 10.2. The van der Waals surface area contributed by atoms with Crippen LogP contribution in [0.1, 0.15) is 15.9 Å². The number of hydrogen-bond acceptors (Lipinski definition) is 5. The molecule has 0 unspecified atom stereocenters. The van der Waals surface area contributed by atoms with Crippen LogP contribution < -0.4 is 4.74 Å². The molecule has 0 radical (unpaired) electrons. The second kappa shape index (κ2) is 8.33. The average Bonchev–Trinajstić information content (AvgIpc) is 2.67. The number of non-ortho nitro benzene ring substituents is 1. The summed E-state index contributed by atoms with van der Waals surface area (Å²) in [5.74, 6) is 0.475. The molecule has 136 valence electrons. The van der Waals surface area contributed by atoms with Crippen molar-refractivity contribution in [1.82, 2.24) is 0 Å². The molecule has 0 saturated carbocycles. The number of hydrogen-bond donors (Lipinski definition) is 0. The van der Waals surface area contributed by atoms with Gasteiger partial charge >= 0.3 is 5.97 Å². The summed E-state index contributed by atoms with van der Waals surface area (Å²) in [7, 11) is 0. The standard InChI is InChI=1S/C20H14ClNO5/c21-19-7-2-1-6-18(19)20(23)26-13-14-4-3-5-17(12-14)27-16-10-8-15(9-11-16)22(24)25/h1-12H,13H2. The van der Waals surface area contributed by atoms with Crippen molar-refractivity contribution < 1.29 is 19.2 Å². The highest BCUT2D eigenvalue weighted by atomic mass is 35.5. The summed E-state index contributed by atoms with van der Waals surface area (Å²) >= 11 is 5.98. The van der Waals surface area contributed by atoms with E-state index in [0.717, 1.165) is 5.56 Å². The van der Waals surface area contributed by atoms with Gasteiger partial charge in [-0.15, -0.1) is 0 Å². The molecule has 0 N–H and O–H groups in total. The van der Waals surface area contributed by atoms with Crippen molar-refractivity contribution in [3.8, 4) is 11.5 Å². The van der Waals surface area contributed by atoms with Crippen LogP contribution in [0.15, 0.2) is 72.8 Å². The number of nitro groups is 1. The van der Waals surface area contributed by atoms with E-state index in [0.29, 0.717) is 22.1 Å². The first kappa shape index (κ1) is 18.4. The van der Waals surface area contributed by atoms with E-state index in [1.54, 1.807) is 48.5 Å². The molecule has 0 amide bonds. The second-order valence-corrected chi connectivity index (χ2v) is 5.96. The molecule has 0 spiro atoms. The molecule has 3 rings (SSSR count). The van der Waals surface area contributed by atoms with Gasteiger partial charge in [0.1, 0.15) is 18.1 Å². The van der Waals surface area contributed by atoms with Crippen molar-refractivity contribution >= 4 is 23.3 Å². The maximum atomic E-state index is 12.1. The van der Waals surface area contributed by atoms with E-state index in [1.807, 2.05) is 0 Å². The van der Waals surface area contributed by atoms with Crippen LogP contribution in [0.2, 0.25) is 5.02 Å². The Morgan fingerprint density at radius 3 is 2.41 bits per heavy atom. The largest absolute Gasteiger partial charge is 0.457 e. The Balaban J connectivity index is 1.64. The number of rotatable bonds is 6. The molecule has 7 heteroatoms. The number of carbonyl (C=O) groups excluding carboxylic acids is 1. The highest BCUT2D eigenvalue weighted by molar-refractivity contribution is 6.33. The van der Waals surface area contributed by atoms with Crippen LogP contribution in [0.4, 0.5) is 5.69 Å². The Kier molecular flexibility index (Phi) is 5.68. The van der Waals surface area contributed by atoms with E-state index in [1.165, 1.54) is 24.3 Å². The van der Waals surface area contributed by atoms with Crippen LogP contribution in [0.25, 0.3) is 0 Å². The minimum atomic E-state index is -0.512. The van der Waals surface area contributed by atoms with Crippen LogP contribution in [0.5, 0.6) is 11.5 Å². The van der Waals surface area contributed by atoms with E-state index < -0.39 is 10.9 Å². The highest BCUT2D eigenvalue weighted by Gasteiger charge is 2.11. The Morgan fingerprint density at radius 2 is 1.70 bits per heavy atom. The van der Waals surface area contributed by atoms with Crippen LogP contribution in [0.3, 0.4) is 0 Å². The zero-order valence-electron chi connectivity index (χ0n) is 14.0. The van der Waals surface area contributed by atoms with Crippen molar-refractivity contribution in [2.75, 3.05) is 0 Å². The molecule has 3 aromatic carbocycles. The summed E-state index contributed by atoms with van der Waals surface area (Å²) in [5, 5.41) is 11.0. The smallest absolute Gasteiger partial charge is 0.339 e. The summed E-state index contributed by atoms with van der Waals surface area (Å²) in [6.45, 7) is 0.0571. The van der Waals surface area contributed by atoms with Gasteiger partial charge in [0.2, 0.25) is 0 Å². The molecule has 27 heavy (non-hydrogen) atoms. The minimum Gasteiger partial charge on any atom is -0.457 e. The summed E-state index contributed by atoms with van der Waals surface area (Å²) in [6, 6.07) is 19.4. The molecule has 0 atom stereocenters. The normalized spacial score (nSPS) is 10.3. The number of nitro benzene ring substituents is 1. The molecule has 0 aromatic heterocycles. The third-order valence-corrected chi connectivity index (χ3v) is 3.97. The van der Waals surface area contributed by atoms with Gasteiger partial charge in [-0.1, -0.05) is 35.9 Å². The number of esters is 1. The average molecular weight is 384 g/mol. The van der Waals surface area contributed by atoms with E-state index in [2.05, 4.69) is 0 Å². The fourth-order valence-corrected chi connectivity index (χ4v) is 2.54. The molecule has 0 heterocycles.